The SMILES string of the molecule is Cc1cc2cc(-n3c(=O)n(C[C@H]4CC[C@H](NC(=O)c5cc(Cl)cnc5C(F)F)CC4)c4cccnc43)cnc2[nH]1. The number of rotatable bonds is 6. The summed E-state index contributed by atoms with van der Waals surface area (Å²) >= 11 is 5.90. The molecule has 2 N–H and O–H groups in total. The number of carbonyl (C=O) groups is 1. The van der Waals surface area contributed by atoms with Crippen LogP contribution in [0.25, 0.3) is 27.9 Å². The smallest absolute Gasteiger partial charge is 0.335 e. The van der Waals surface area contributed by atoms with Crippen molar-refractivity contribution >= 4 is 39.7 Å². The zero-order valence-electron chi connectivity index (χ0n) is 21.6. The van der Waals surface area contributed by atoms with Crippen LogP contribution in [0.5, 0.6) is 0 Å². The fraction of sp³-hybridized carbons (Fsp3) is 0.321. The number of aromatic nitrogens is 6. The summed E-state index contributed by atoms with van der Waals surface area (Å²) in [6, 6.07) is 8.66. The van der Waals surface area contributed by atoms with Crippen molar-refractivity contribution in [3.8, 4) is 5.69 Å². The van der Waals surface area contributed by atoms with Gasteiger partial charge in [0.2, 0.25) is 0 Å². The van der Waals surface area contributed by atoms with E-state index in [2.05, 4.69) is 25.3 Å². The highest BCUT2D eigenvalue weighted by Crippen LogP contribution is 2.29. The number of imidazole rings is 1. The molecule has 0 atom stereocenters. The Balaban J connectivity index is 1.19. The van der Waals surface area contributed by atoms with E-state index in [1.54, 1.807) is 21.5 Å². The molecule has 0 aromatic carbocycles. The fourth-order valence-electron chi connectivity index (χ4n) is 5.57. The zero-order valence-corrected chi connectivity index (χ0v) is 22.3. The van der Waals surface area contributed by atoms with Crippen molar-refractivity contribution in [2.75, 3.05) is 0 Å². The quantitative estimate of drug-likeness (QED) is 0.288. The summed E-state index contributed by atoms with van der Waals surface area (Å²) in [7, 11) is 0. The predicted octanol–water partition coefficient (Wildman–Crippen LogP) is 5.35. The first kappa shape index (κ1) is 26.1. The van der Waals surface area contributed by atoms with Crippen molar-refractivity contribution in [1.82, 2.24) is 34.4 Å². The predicted molar refractivity (Wildman–Crippen MR) is 147 cm³/mol. The van der Waals surface area contributed by atoms with Gasteiger partial charge in [-0.1, -0.05) is 11.6 Å². The second-order valence-electron chi connectivity index (χ2n) is 10.2. The average molecular weight is 566 g/mol. The minimum absolute atomic E-state index is 0.122. The largest absolute Gasteiger partial charge is 0.349 e. The molecule has 0 saturated heterocycles. The minimum Gasteiger partial charge on any atom is -0.349 e. The number of aryl methyl sites for hydroxylation is 1. The van der Waals surface area contributed by atoms with Crippen LogP contribution in [0.2, 0.25) is 5.02 Å². The Morgan fingerprint density at radius 3 is 2.73 bits per heavy atom. The van der Waals surface area contributed by atoms with Crippen LogP contribution in [0.4, 0.5) is 8.78 Å². The molecule has 0 aliphatic heterocycles. The number of halogens is 3. The minimum atomic E-state index is -2.88. The third kappa shape index (κ3) is 4.85. The lowest BCUT2D eigenvalue weighted by atomic mass is 9.85. The van der Waals surface area contributed by atoms with Gasteiger partial charge in [-0.25, -0.2) is 28.1 Å². The number of hydrogen-bond acceptors (Lipinski definition) is 5. The first-order valence-electron chi connectivity index (χ1n) is 13.0. The van der Waals surface area contributed by atoms with Gasteiger partial charge < -0.3 is 10.3 Å². The van der Waals surface area contributed by atoms with Gasteiger partial charge in [0, 0.05) is 36.1 Å². The van der Waals surface area contributed by atoms with E-state index in [9.17, 15) is 18.4 Å². The van der Waals surface area contributed by atoms with E-state index in [-0.39, 0.29) is 28.2 Å². The van der Waals surface area contributed by atoms with Gasteiger partial charge in [-0.2, -0.15) is 0 Å². The van der Waals surface area contributed by atoms with Crippen LogP contribution in [0.1, 0.15) is 53.9 Å². The maximum absolute atomic E-state index is 13.7. The van der Waals surface area contributed by atoms with Crippen LogP contribution in [-0.4, -0.2) is 41.0 Å². The summed E-state index contributed by atoms with van der Waals surface area (Å²) in [5.41, 5.74) is 2.70. The number of fused-ring (bicyclic) bond motifs is 2. The van der Waals surface area contributed by atoms with E-state index >= 15 is 0 Å². The van der Waals surface area contributed by atoms with Crippen molar-refractivity contribution < 1.29 is 13.6 Å². The third-order valence-electron chi connectivity index (χ3n) is 7.50. The molecule has 1 aliphatic rings. The molecule has 5 heterocycles. The molecule has 1 fully saturated rings. The van der Waals surface area contributed by atoms with Crippen molar-refractivity contribution in [3.63, 3.8) is 0 Å². The monoisotopic (exact) mass is 565 g/mol. The van der Waals surface area contributed by atoms with Crippen molar-refractivity contribution in [1.29, 1.82) is 0 Å². The molecule has 5 aromatic rings. The molecule has 206 valence electrons. The number of aromatic amines is 1. The number of nitrogens with one attached hydrogen (secondary N) is 2. The third-order valence-corrected chi connectivity index (χ3v) is 7.71. The molecule has 1 aliphatic carbocycles. The molecule has 12 heteroatoms. The highest BCUT2D eigenvalue weighted by Gasteiger charge is 2.27. The maximum atomic E-state index is 13.7. The highest BCUT2D eigenvalue weighted by molar-refractivity contribution is 6.30. The van der Waals surface area contributed by atoms with Crippen LogP contribution in [0.3, 0.4) is 0 Å². The van der Waals surface area contributed by atoms with Gasteiger partial charge in [0.15, 0.2) is 5.65 Å². The first-order valence-corrected chi connectivity index (χ1v) is 13.4. The van der Waals surface area contributed by atoms with E-state index in [0.717, 1.165) is 41.3 Å². The van der Waals surface area contributed by atoms with Crippen molar-refractivity contribution in [3.05, 3.63) is 81.4 Å². The highest BCUT2D eigenvalue weighted by atomic mass is 35.5. The molecule has 0 radical (unpaired) electrons. The molecule has 40 heavy (non-hydrogen) atoms. The molecule has 0 bridgehead atoms. The lowest BCUT2D eigenvalue weighted by Crippen LogP contribution is -2.39. The lowest BCUT2D eigenvalue weighted by molar-refractivity contribution is 0.0904. The second kappa shape index (κ2) is 10.5. The summed E-state index contributed by atoms with van der Waals surface area (Å²) in [6.07, 6.45) is 4.40. The molecule has 6 rings (SSSR count). The van der Waals surface area contributed by atoms with Crippen LogP contribution < -0.4 is 11.0 Å². The van der Waals surface area contributed by atoms with Gasteiger partial charge in [0.05, 0.1) is 28.0 Å². The molecule has 0 unspecified atom stereocenters. The number of amides is 1. The topological polar surface area (TPSA) is 110 Å². The van der Waals surface area contributed by atoms with E-state index < -0.39 is 18.0 Å². The average Bonchev–Trinajstić information content (AvgIpc) is 3.44. The van der Waals surface area contributed by atoms with Crippen LogP contribution in [0.15, 0.2) is 53.7 Å². The van der Waals surface area contributed by atoms with Gasteiger partial charge >= 0.3 is 5.69 Å². The number of hydrogen-bond donors (Lipinski definition) is 2. The van der Waals surface area contributed by atoms with Gasteiger partial charge in [-0.05, 0) is 68.9 Å². The maximum Gasteiger partial charge on any atom is 0.335 e. The number of H-pyrrole nitrogens is 1. The number of alkyl halides is 2. The van der Waals surface area contributed by atoms with Crippen LogP contribution in [0, 0.1) is 12.8 Å². The summed E-state index contributed by atoms with van der Waals surface area (Å²) < 4.78 is 30.1. The number of pyridine rings is 3. The van der Waals surface area contributed by atoms with E-state index in [0.29, 0.717) is 30.7 Å². The van der Waals surface area contributed by atoms with Crippen molar-refractivity contribution in [2.45, 2.75) is 51.6 Å². The van der Waals surface area contributed by atoms with Gasteiger partial charge in [0.1, 0.15) is 11.3 Å². The van der Waals surface area contributed by atoms with Gasteiger partial charge in [-0.3, -0.25) is 14.3 Å². The van der Waals surface area contributed by atoms with E-state index in [1.807, 2.05) is 31.2 Å². The second-order valence-corrected chi connectivity index (χ2v) is 10.7. The molecule has 5 aromatic heterocycles. The van der Waals surface area contributed by atoms with Gasteiger partial charge in [0.25, 0.3) is 12.3 Å². The zero-order chi connectivity index (χ0) is 28.0. The van der Waals surface area contributed by atoms with Crippen LogP contribution in [-0.2, 0) is 6.54 Å². The molecular weight excluding hydrogens is 540 g/mol. The molecule has 0 spiro atoms. The first-order chi connectivity index (χ1) is 19.3. The van der Waals surface area contributed by atoms with Crippen molar-refractivity contribution in [2.24, 2.45) is 5.92 Å². The number of carbonyl (C=O) groups excluding carboxylic acids is 1. The Morgan fingerprint density at radius 1 is 1.15 bits per heavy atom. The van der Waals surface area contributed by atoms with E-state index in [1.165, 1.54) is 6.07 Å². The lowest BCUT2D eigenvalue weighted by Gasteiger charge is -2.29. The molecular formula is C28H26ClF2N7O2. The van der Waals surface area contributed by atoms with Crippen LogP contribution >= 0.6 is 11.6 Å². The van der Waals surface area contributed by atoms with Gasteiger partial charge in [-0.15, -0.1) is 0 Å². The number of nitrogens with zero attached hydrogens (tertiary/aromatic N) is 5. The molecule has 1 amide bonds. The Morgan fingerprint density at radius 2 is 1.95 bits per heavy atom. The fourth-order valence-corrected chi connectivity index (χ4v) is 5.73. The summed E-state index contributed by atoms with van der Waals surface area (Å²) in [5, 5.41) is 3.89. The standard InChI is InChI=1S/C28H26ClF2N7O2/c1-15-9-17-10-20(13-34-25(17)35-15)38-26-22(3-2-8-32-26)37(28(38)40)14-16-4-6-19(7-5-16)36-27(39)21-11-18(29)12-33-23(21)24(30)31/h2-3,8-13,16,19,24H,4-7,14H2,1H3,(H,34,35)(H,36,39)/t16-,19-. The Hall–Kier alpha value is -4.12. The normalized spacial score (nSPS) is 17.6. The Bertz CT molecular complexity index is 1790. The molecule has 1 saturated carbocycles. The summed E-state index contributed by atoms with van der Waals surface area (Å²) in [5.74, 6) is -0.412. The van der Waals surface area contributed by atoms with E-state index in [4.69, 9.17) is 11.6 Å². The summed E-state index contributed by atoms with van der Waals surface area (Å²) in [4.78, 5) is 42.3. The Kier molecular flexibility index (Phi) is 6.83. The summed E-state index contributed by atoms with van der Waals surface area (Å²) in [6.45, 7) is 2.46. The Labute approximate surface area is 232 Å². The molecule has 9 nitrogen and oxygen atoms in total.